The molecule has 5 rings (SSSR count). The molecule has 2 aromatic heterocycles. The van der Waals surface area contributed by atoms with E-state index in [0.29, 0.717) is 11.6 Å². The predicted molar refractivity (Wildman–Crippen MR) is 167 cm³/mol. The van der Waals surface area contributed by atoms with E-state index < -0.39 is 29.1 Å². The first-order valence-corrected chi connectivity index (χ1v) is 14.6. The van der Waals surface area contributed by atoms with E-state index >= 15 is 0 Å². The molecule has 8 nitrogen and oxygen atoms in total. The van der Waals surface area contributed by atoms with E-state index in [1.807, 2.05) is 24.4 Å². The maximum Gasteiger partial charge on any atom is 0.263 e. The van der Waals surface area contributed by atoms with E-state index in [2.05, 4.69) is 38.4 Å². The van der Waals surface area contributed by atoms with Gasteiger partial charge < -0.3 is 24.8 Å². The number of hydrogen-bond donors (Lipinski definition) is 2. The summed E-state index contributed by atoms with van der Waals surface area (Å²) in [5.41, 5.74) is 2.40. The molecule has 0 unspecified atom stereocenters. The Labute approximate surface area is 255 Å². The Balaban J connectivity index is 1.19. The molecule has 2 aromatic carbocycles. The van der Waals surface area contributed by atoms with Gasteiger partial charge in [-0.1, -0.05) is 17.9 Å². The SMILES string of the molecule is COCCN1CCC(Nc2cnc3ccc(C#CCNC(=O)c4cccn([C@@H](C)c5ccc(F)c(F)c5)c4=O)cc3c2)CC1. The molecule has 1 fully saturated rings. The molecule has 1 saturated heterocycles. The predicted octanol–water partition coefficient (Wildman–Crippen LogP) is 4.59. The lowest BCUT2D eigenvalue weighted by Gasteiger charge is -2.32. The van der Waals surface area contributed by atoms with Gasteiger partial charge in [0.05, 0.1) is 36.6 Å². The fourth-order valence-corrected chi connectivity index (χ4v) is 5.33. The average Bonchev–Trinajstić information content (AvgIpc) is 3.03. The molecule has 44 heavy (non-hydrogen) atoms. The van der Waals surface area contributed by atoms with Gasteiger partial charge in [0.1, 0.15) is 5.56 Å². The lowest BCUT2D eigenvalue weighted by molar-refractivity contribution is 0.0956. The zero-order chi connectivity index (χ0) is 31.1. The molecule has 0 saturated carbocycles. The number of amides is 1. The Hall–Kier alpha value is -4.59. The molecule has 1 aliphatic rings. The van der Waals surface area contributed by atoms with Crippen LogP contribution in [0.3, 0.4) is 0 Å². The molecular weight excluding hydrogens is 564 g/mol. The highest BCUT2D eigenvalue weighted by atomic mass is 19.2. The summed E-state index contributed by atoms with van der Waals surface area (Å²) < 4.78 is 33.6. The van der Waals surface area contributed by atoms with Crippen molar-refractivity contribution in [2.45, 2.75) is 31.8 Å². The maximum absolute atomic E-state index is 13.7. The first-order valence-electron chi connectivity index (χ1n) is 14.6. The van der Waals surface area contributed by atoms with Crippen molar-refractivity contribution in [3.63, 3.8) is 0 Å². The number of likely N-dealkylation sites (tertiary alicyclic amines) is 1. The minimum atomic E-state index is -1.00. The van der Waals surface area contributed by atoms with Crippen molar-refractivity contribution in [1.82, 2.24) is 19.8 Å². The fraction of sp³-hybridized carbons (Fsp3) is 0.324. The van der Waals surface area contributed by atoms with Crippen molar-refractivity contribution in [3.8, 4) is 11.8 Å². The minimum absolute atomic E-state index is 0.0346. The smallest absolute Gasteiger partial charge is 0.263 e. The summed E-state index contributed by atoms with van der Waals surface area (Å²) in [5, 5.41) is 7.25. The van der Waals surface area contributed by atoms with E-state index in [0.717, 1.165) is 73.4 Å². The van der Waals surface area contributed by atoms with Crippen LogP contribution in [0.1, 0.15) is 47.3 Å². The summed E-state index contributed by atoms with van der Waals surface area (Å²) in [6, 6.07) is 14.1. The van der Waals surface area contributed by atoms with Crippen molar-refractivity contribution in [2.24, 2.45) is 0 Å². The molecule has 1 amide bonds. The van der Waals surface area contributed by atoms with Crippen LogP contribution in [0.2, 0.25) is 0 Å². The van der Waals surface area contributed by atoms with Gasteiger partial charge in [0.15, 0.2) is 11.6 Å². The van der Waals surface area contributed by atoms with Crippen LogP contribution in [0.15, 0.2) is 71.8 Å². The summed E-state index contributed by atoms with van der Waals surface area (Å²) in [7, 11) is 1.73. The molecule has 3 heterocycles. The van der Waals surface area contributed by atoms with Crippen LogP contribution in [0.25, 0.3) is 10.9 Å². The number of rotatable bonds is 9. The summed E-state index contributed by atoms with van der Waals surface area (Å²) in [5.74, 6) is 3.47. The third-order valence-electron chi connectivity index (χ3n) is 7.88. The van der Waals surface area contributed by atoms with Crippen LogP contribution in [0, 0.1) is 23.5 Å². The first kappa shape index (κ1) is 30.9. The summed E-state index contributed by atoms with van der Waals surface area (Å²) in [4.78, 5) is 32.9. The fourth-order valence-electron chi connectivity index (χ4n) is 5.33. The quantitative estimate of drug-likeness (QED) is 0.274. The van der Waals surface area contributed by atoms with Gasteiger partial charge in [-0.25, -0.2) is 8.78 Å². The van der Waals surface area contributed by atoms with Crippen LogP contribution < -0.4 is 16.2 Å². The number of ether oxygens (including phenoxy) is 1. The highest BCUT2D eigenvalue weighted by molar-refractivity contribution is 5.94. The lowest BCUT2D eigenvalue weighted by Crippen LogP contribution is -2.40. The zero-order valence-corrected chi connectivity index (χ0v) is 24.8. The van der Waals surface area contributed by atoms with Crippen LogP contribution in [-0.2, 0) is 4.74 Å². The number of methoxy groups -OCH3 is 1. The standard InChI is InChI=1S/C34H35F2N5O3/c1-23(25-8-9-30(35)31(36)21-25)41-14-4-6-29(34(41)43)33(42)37-13-3-5-24-7-10-32-26(19-24)20-28(22-38-32)39-27-11-15-40(16-12-27)17-18-44-2/h4,6-10,14,19-23,27,39H,11-13,15-18H2,1-2H3,(H,37,42)/t23-/m0/s1. The van der Waals surface area contributed by atoms with Gasteiger partial charge >= 0.3 is 0 Å². The van der Waals surface area contributed by atoms with Gasteiger partial charge in [-0.05, 0) is 73.9 Å². The van der Waals surface area contributed by atoms with E-state index in [4.69, 9.17) is 4.74 Å². The number of halogens is 2. The number of aromatic nitrogens is 2. The van der Waals surface area contributed by atoms with Gasteiger partial charge in [0.25, 0.3) is 11.5 Å². The number of nitrogens with zero attached hydrogens (tertiary/aromatic N) is 3. The van der Waals surface area contributed by atoms with E-state index in [1.165, 1.54) is 22.9 Å². The largest absolute Gasteiger partial charge is 0.383 e. The average molecular weight is 600 g/mol. The molecular formula is C34H35F2N5O3. The highest BCUT2D eigenvalue weighted by Gasteiger charge is 2.19. The van der Waals surface area contributed by atoms with Gasteiger partial charge in [-0.3, -0.25) is 14.6 Å². The second-order valence-corrected chi connectivity index (χ2v) is 10.9. The van der Waals surface area contributed by atoms with Crippen LogP contribution in [0.5, 0.6) is 0 Å². The first-order chi connectivity index (χ1) is 21.3. The van der Waals surface area contributed by atoms with Gasteiger partial charge in [-0.15, -0.1) is 0 Å². The number of carbonyl (C=O) groups excluding carboxylic acids is 1. The van der Waals surface area contributed by atoms with Gasteiger partial charge in [0.2, 0.25) is 0 Å². The molecule has 0 spiro atoms. The number of nitrogens with one attached hydrogen (secondary N) is 2. The molecule has 0 aliphatic carbocycles. The Bertz CT molecular complexity index is 1760. The van der Waals surface area contributed by atoms with Crippen molar-refractivity contribution in [1.29, 1.82) is 0 Å². The highest BCUT2D eigenvalue weighted by Crippen LogP contribution is 2.22. The Kier molecular flexibility index (Phi) is 10.00. The van der Waals surface area contributed by atoms with Crippen LogP contribution in [-0.4, -0.2) is 66.3 Å². The van der Waals surface area contributed by atoms with Crippen molar-refractivity contribution in [2.75, 3.05) is 45.2 Å². The van der Waals surface area contributed by atoms with Crippen molar-refractivity contribution in [3.05, 3.63) is 106 Å². The van der Waals surface area contributed by atoms with Crippen LogP contribution in [0.4, 0.5) is 14.5 Å². The second kappa shape index (κ2) is 14.3. The number of anilines is 1. The number of hydrogen-bond acceptors (Lipinski definition) is 6. The topological polar surface area (TPSA) is 88.5 Å². The number of carbonyl (C=O) groups is 1. The molecule has 228 valence electrons. The normalized spacial score (nSPS) is 14.5. The van der Waals surface area contributed by atoms with Crippen molar-refractivity contribution < 1.29 is 18.3 Å². The lowest BCUT2D eigenvalue weighted by atomic mass is 10.0. The molecule has 2 N–H and O–H groups in total. The maximum atomic E-state index is 13.7. The molecule has 1 atom stereocenters. The third-order valence-corrected chi connectivity index (χ3v) is 7.88. The summed E-state index contributed by atoms with van der Waals surface area (Å²) in [6.45, 7) is 5.49. The zero-order valence-electron chi connectivity index (χ0n) is 24.8. The Morgan fingerprint density at radius 3 is 2.70 bits per heavy atom. The number of piperidine rings is 1. The van der Waals surface area contributed by atoms with Gasteiger partial charge in [-0.2, -0.15) is 0 Å². The Morgan fingerprint density at radius 1 is 1.11 bits per heavy atom. The third kappa shape index (κ3) is 7.48. The molecule has 0 bridgehead atoms. The molecule has 1 aliphatic heterocycles. The van der Waals surface area contributed by atoms with Gasteiger partial charge in [0, 0.05) is 49.9 Å². The van der Waals surface area contributed by atoms with Crippen LogP contribution >= 0.6 is 0 Å². The molecule has 0 radical (unpaired) electrons. The van der Waals surface area contributed by atoms with E-state index in [-0.39, 0.29) is 12.1 Å². The number of benzene rings is 2. The monoisotopic (exact) mass is 599 g/mol. The summed E-state index contributed by atoms with van der Waals surface area (Å²) in [6.07, 6.45) is 5.48. The number of fused-ring (bicyclic) bond motifs is 1. The minimum Gasteiger partial charge on any atom is -0.383 e. The molecule has 4 aromatic rings. The second-order valence-electron chi connectivity index (χ2n) is 10.9. The van der Waals surface area contributed by atoms with Crippen molar-refractivity contribution >= 4 is 22.5 Å². The summed E-state index contributed by atoms with van der Waals surface area (Å²) >= 11 is 0. The molecule has 10 heteroatoms. The van der Waals surface area contributed by atoms with E-state index in [9.17, 15) is 18.4 Å². The number of pyridine rings is 2. The Morgan fingerprint density at radius 2 is 1.93 bits per heavy atom. The van der Waals surface area contributed by atoms with E-state index in [1.54, 1.807) is 20.1 Å².